The average molecular weight is 385 g/mol. The van der Waals surface area contributed by atoms with Crippen LogP contribution in [0.25, 0.3) is 0 Å². The van der Waals surface area contributed by atoms with E-state index in [2.05, 4.69) is 77.5 Å². The molecule has 0 bridgehead atoms. The molecule has 1 nitrogen and oxygen atoms in total. The molecule has 1 aromatic carbocycles. The lowest BCUT2D eigenvalue weighted by molar-refractivity contribution is 0.555. The number of hydrogen-bond donors (Lipinski definition) is 1. The van der Waals surface area contributed by atoms with Crippen LogP contribution in [0.5, 0.6) is 0 Å². The van der Waals surface area contributed by atoms with E-state index in [9.17, 15) is 0 Å². The summed E-state index contributed by atoms with van der Waals surface area (Å²) in [6.07, 6.45) is 2.19. The second-order valence-electron chi connectivity index (χ2n) is 4.60. The summed E-state index contributed by atoms with van der Waals surface area (Å²) in [5, 5.41) is 5.85. The van der Waals surface area contributed by atoms with Gasteiger partial charge in [-0.3, -0.25) is 0 Å². The van der Waals surface area contributed by atoms with Gasteiger partial charge in [0.2, 0.25) is 0 Å². The molecular weight excluding hydrogens is 365 g/mol. The molecule has 0 saturated heterocycles. The summed E-state index contributed by atoms with van der Waals surface area (Å²) < 4.78 is 1.30. The van der Waals surface area contributed by atoms with Gasteiger partial charge in [-0.05, 0) is 76.7 Å². The Kier molecular flexibility index (Phi) is 5.85. The van der Waals surface area contributed by atoms with Crippen molar-refractivity contribution in [2.75, 3.05) is 6.54 Å². The monoisotopic (exact) mass is 385 g/mol. The third-order valence-electron chi connectivity index (χ3n) is 3.28. The Balaban J connectivity index is 2.18. The Morgan fingerprint density at radius 3 is 2.53 bits per heavy atom. The van der Waals surface area contributed by atoms with Gasteiger partial charge in [0.15, 0.2) is 0 Å². The summed E-state index contributed by atoms with van der Waals surface area (Å²) in [5.74, 6) is 0. The van der Waals surface area contributed by atoms with Crippen molar-refractivity contribution in [1.29, 1.82) is 0 Å². The first kappa shape index (κ1) is 15.0. The van der Waals surface area contributed by atoms with Gasteiger partial charge in [0.25, 0.3) is 0 Å². The zero-order valence-electron chi connectivity index (χ0n) is 11.4. The van der Waals surface area contributed by atoms with Gasteiger partial charge in [-0.25, -0.2) is 0 Å². The van der Waals surface area contributed by atoms with Crippen LogP contribution in [-0.4, -0.2) is 6.54 Å². The molecule has 0 radical (unpaired) electrons. The second kappa shape index (κ2) is 7.41. The van der Waals surface area contributed by atoms with E-state index in [4.69, 9.17) is 0 Å². The van der Waals surface area contributed by atoms with E-state index < -0.39 is 0 Å². The number of thiophene rings is 1. The van der Waals surface area contributed by atoms with Gasteiger partial charge in [0, 0.05) is 14.5 Å². The Morgan fingerprint density at radius 2 is 1.89 bits per heavy atom. The fraction of sp³-hybridized carbons (Fsp3) is 0.375. The first-order valence-electron chi connectivity index (χ1n) is 6.78. The Bertz CT molecular complexity index is 504. The third-order valence-corrected chi connectivity index (χ3v) is 5.07. The number of benzene rings is 1. The van der Waals surface area contributed by atoms with Gasteiger partial charge in [-0.15, -0.1) is 11.3 Å². The largest absolute Gasteiger partial charge is 0.309 e. The minimum atomic E-state index is 0.444. The maximum Gasteiger partial charge on any atom is 0.0458 e. The smallest absolute Gasteiger partial charge is 0.0458 e. The predicted octanol–water partition coefficient (Wildman–Crippen LogP) is 4.81. The number of likely N-dealkylation sites (N-methyl/N-ethyl adjacent to an activating group) is 1. The number of halogens is 1. The molecule has 0 aliphatic rings. The van der Waals surface area contributed by atoms with Crippen LogP contribution in [0, 0.1) is 3.57 Å². The van der Waals surface area contributed by atoms with Gasteiger partial charge in [0.05, 0.1) is 0 Å². The SMILES string of the molecule is CCNC(Cc1ccc(I)cc1)c1sccc1CC. The molecule has 3 heteroatoms. The molecule has 102 valence electrons. The predicted molar refractivity (Wildman–Crippen MR) is 93.0 cm³/mol. The van der Waals surface area contributed by atoms with E-state index >= 15 is 0 Å². The Hall–Kier alpha value is -0.390. The molecule has 0 fully saturated rings. The molecule has 0 spiro atoms. The minimum Gasteiger partial charge on any atom is -0.309 e. The van der Waals surface area contributed by atoms with Crippen LogP contribution in [0.3, 0.4) is 0 Å². The lowest BCUT2D eigenvalue weighted by Gasteiger charge is -2.18. The molecule has 0 aliphatic carbocycles. The topological polar surface area (TPSA) is 12.0 Å². The first-order chi connectivity index (χ1) is 9.24. The normalized spacial score (nSPS) is 12.6. The highest BCUT2D eigenvalue weighted by atomic mass is 127. The van der Waals surface area contributed by atoms with Crippen molar-refractivity contribution >= 4 is 33.9 Å². The second-order valence-corrected chi connectivity index (χ2v) is 6.80. The van der Waals surface area contributed by atoms with Crippen LogP contribution in [0.1, 0.15) is 35.9 Å². The summed E-state index contributed by atoms with van der Waals surface area (Å²) in [4.78, 5) is 1.50. The van der Waals surface area contributed by atoms with Crippen LogP contribution in [-0.2, 0) is 12.8 Å². The summed E-state index contributed by atoms with van der Waals surface area (Å²) in [6.45, 7) is 5.43. The zero-order valence-corrected chi connectivity index (χ0v) is 14.4. The lowest BCUT2D eigenvalue weighted by Crippen LogP contribution is -2.23. The molecule has 0 aliphatic heterocycles. The molecule has 0 saturated carbocycles. The van der Waals surface area contributed by atoms with Crippen LogP contribution >= 0.6 is 33.9 Å². The van der Waals surface area contributed by atoms with Crippen molar-refractivity contribution in [3.05, 3.63) is 55.3 Å². The van der Waals surface area contributed by atoms with E-state index in [1.807, 2.05) is 11.3 Å². The number of aryl methyl sites for hydroxylation is 1. The quantitative estimate of drug-likeness (QED) is 0.704. The lowest BCUT2D eigenvalue weighted by atomic mass is 10.0. The molecule has 0 amide bonds. The first-order valence-corrected chi connectivity index (χ1v) is 8.74. The van der Waals surface area contributed by atoms with Crippen molar-refractivity contribution in [3.8, 4) is 0 Å². The molecule has 1 heterocycles. The van der Waals surface area contributed by atoms with Crippen LogP contribution in [0.4, 0.5) is 0 Å². The maximum absolute atomic E-state index is 3.63. The van der Waals surface area contributed by atoms with E-state index in [1.54, 1.807) is 0 Å². The fourth-order valence-electron chi connectivity index (χ4n) is 2.31. The molecular formula is C16H20INS. The summed E-state index contributed by atoms with van der Waals surface area (Å²) in [6, 6.07) is 11.6. The number of nitrogens with one attached hydrogen (secondary N) is 1. The van der Waals surface area contributed by atoms with Crippen molar-refractivity contribution in [1.82, 2.24) is 5.32 Å². The third kappa shape index (κ3) is 4.04. The molecule has 1 unspecified atom stereocenters. The average Bonchev–Trinajstić information content (AvgIpc) is 2.89. The van der Waals surface area contributed by atoms with Crippen molar-refractivity contribution < 1.29 is 0 Å². The van der Waals surface area contributed by atoms with Crippen LogP contribution in [0.2, 0.25) is 0 Å². The molecule has 1 aromatic heterocycles. The van der Waals surface area contributed by atoms with Gasteiger partial charge < -0.3 is 5.32 Å². The maximum atomic E-state index is 3.63. The summed E-state index contributed by atoms with van der Waals surface area (Å²) in [7, 11) is 0. The molecule has 1 N–H and O–H groups in total. The zero-order chi connectivity index (χ0) is 13.7. The van der Waals surface area contributed by atoms with Crippen molar-refractivity contribution in [2.45, 2.75) is 32.7 Å². The van der Waals surface area contributed by atoms with E-state index in [0.717, 1.165) is 19.4 Å². The Morgan fingerprint density at radius 1 is 1.16 bits per heavy atom. The minimum absolute atomic E-state index is 0.444. The molecule has 2 rings (SSSR count). The molecule has 2 aromatic rings. The van der Waals surface area contributed by atoms with Crippen LogP contribution in [0.15, 0.2) is 35.7 Å². The number of hydrogen-bond acceptors (Lipinski definition) is 2. The molecule has 19 heavy (non-hydrogen) atoms. The van der Waals surface area contributed by atoms with Gasteiger partial charge in [-0.2, -0.15) is 0 Å². The Labute approximate surface area is 133 Å². The van der Waals surface area contributed by atoms with Crippen molar-refractivity contribution in [2.24, 2.45) is 0 Å². The molecule has 1 atom stereocenters. The highest BCUT2D eigenvalue weighted by Gasteiger charge is 2.15. The number of rotatable bonds is 6. The van der Waals surface area contributed by atoms with E-state index in [0.29, 0.717) is 6.04 Å². The van der Waals surface area contributed by atoms with Gasteiger partial charge in [-0.1, -0.05) is 26.0 Å². The van der Waals surface area contributed by atoms with E-state index in [-0.39, 0.29) is 0 Å². The fourth-order valence-corrected chi connectivity index (χ4v) is 3.74. The van der Waals surface area contributed by atoms with E-state index in [1.165, 1.54) is 19.6 Å². The standard InChI is InChI=1S/C16H20INS/c1-3-13-9-10-19-16(13)15(18-4-2)11-12-5-7-14(17)8-6-12/h5-10,15,18H,3-4,11H2,1-2H3. The summed E-state index contributed by atoms with van der Waals surface area (Å²) >= 11 is 4.24. The van der Waals surface area contributed by atoms with Gasteiger partial charge >= 0.3 is 0 Å². The van der Waals surface area contributed by atoms with Gasteiger partial charge in [0.1, 0.15) is 0 Å². The van der Waals surface area contributed by atoms with Crippen molar-refractivity contribution in [3.63, 3.8) is 0 Å². The highest BCUT2D eigenvalue weighted by Crippen LogP contribution is 2.28. The van der Waals surface area contributed by atoms with Crippen LogP contribution < -0.4 is 5.32 Å². The highest BCUT2D eigenvalue weighted by molar-refractivity contribution is 14.1. The summed E-state index contributed by atoms with van der Waals surface area (Å²) in [5.41, 5.74) is 2.89.